The number of likely N-dealkylation sites (tertiary alicyclic amines) is 1. The highest BCUT2D eigenvalue weighted by molar-refractivity contribution is 5.01. The van der Waals surface area contributed by atoms with E-state index in [4.69, 9.17) is 0 Å². The third-order valence-electron chi connectivity index (χ3n) is 2.55. The molecule has 0 aromatic carbocycles. The zero-order valence-corrected chi connectivity index (χ0v) is 6.64. The van der Waals surface area contributed by atoms with E-state index in [1.807, 2.05) is 0 Å². The fraction of sp³-hybridized carbons (Fsp3) is 0.778. The van der Waals surface area contributed by atoms with E-state index in [1.165, 1.54) is 25.1 Å². The molecule has 0 amide bonds. The lowest BCUT2D eigenvalue weighted by Gasteiger charge is -2.16. The first-order valence-corrected chi connectivity index (χ1v) is 4.12. The van der Waals surface area contributed by atoms with Gasteiger partial charge in [0.2, 0.25) is 0 Å². The van der Waals surface area contributed by atoms with Crippen LogP contribution in [0.1, 0.15) is 13.3 Å². The minimum Gasteiger partial charge on any atom is -0.299 e. The molecule has 1 aliphatic heterocycles. The number of rotatable bonds is 2. The summed E-state index contributed by atoms with van der Waals surface area (Å²) in [6, 6.07) is 0. The van der Waals surface area contributed by atoms with Gasteiger partial charge in [-0.3, -0.25) is 4.90 Å². The Morgan fingerprint density at radius 2 is 2.10 bits per heavy atom. The van der Waals surface area contributed by atoms with Gasteiger partial charge in [0, 0.05) is 19.6 Å². The summed E-state index contributed by atoms with van der Waals surface area (Å²) in [6.45, 7) is 9.85. The monoisotopic (exact) mass is 137 g/mol. The van der Waals surface area contributed by atoms with Crippen LogP contribution in [-0.4, -0.2) is 24.5 Å². The van der Waals surface area contributed by atoms with Crippen molar-refractivity contribution in [1.82, 2.24) is 4.90 Å². The molecule has 1 nitrogen and oxygen atoms in total. The molecule has 1 heterocycles. The van der Waals surface area contributed by atoms with Gasteiger partial charge >= 0.3 is 0 Å². The van der Waals surface area contributed by atoms with E-state index in [1.54, 1.807) is 0 Å². The highest BCUT2D eigenvalue weighted by Crippen LogP contribution is 2.44. The summed E-state index contributed by atoms with van der Waals surface area (Å²) in [5, 5.41) is 0. The number of hydrogen-bond donors (Lipinski definition) is 0. The third kappa shape index (κ3) is 1.10. The van der Waals surface area contributed by atoms with Crippen LogP contribution in [-0.2, 0) is 0 Å². The maximum atomic E-state index is 3.92. The van der Waals surface area contributed by atoms with Crippen molar-refractivity contribution in [3.8, 4) is 0 Å². The Balaban J connectivity index is 1.80. The molecule has 1 saturated carbocycles. The second-order valence-corrected chi connectivity index (χ2v) is 3.91. The molecule has 0 aromatic heterocycles. The van der Waals surface area contributed by atoms with Crippen molar-refractivity contribution in [2.75, 3.05) is 19.6 Å². The molecule has 2 unspecified atom stereocenters. The van der Waals surface area contributed by atoms with Crippen molar-refractivity contribution in [2.24, 2.45) is 11.8 Å². The van der Waals surface area contributed by atoms with Crippen LogP contribution in [0, 0.1) is 11.8 Å². The molecule has 2 fully saturated rings. The van der Waals surface area contributed by atoms with Crippen molar-refractivity contribution in [2.45, 2.75) is 13.3 Å². The van der Waals surface area contributed by atoms with Crippen molar-refractivity contribution in [1.29, 1.82) is 0 Å². The molecule has 10 heavy (non-hydrogen) atoms. The van der Waals surface area contributed by atoms with Crippen LogP contribution in [0.3, 0.4) is 0 Å². The van der Waals surface area contributed by atoms with Gasteiger partial charge < -0.3 is 0 Å². The molecule has 56 valence electrons. The van der Waals surface area contributed by atoms with Crippen LogP contribution in [0.15, 0.2) is 12.2 Å². The van der Waals surface area contributed by atoms with Gasteiger partial charge in [0.25, 0.3) is 0 Å². The fourth-order valence-electron chi connectivity index (χ4n) is 2.01. The van der Waals surface area contributed by atoms with E-state index in [2.05, 4.69) is 18.4 Å². The summed E-state index contributed by atoms with van der Waals surface area (Å²) in [7, 11) is 0. The molecule has 0 bridgehead atoms. The van der Waals surface area contributed by atoms with E-state index >= 15 is 0 Å². The minimum atomic E-state index is 1.07. The van der Waals surface area contributed by atoms with E-state index in [-0.39, 0.29) is 0 Å². The first-order chi connectivity index (χ1) is 4.75. The van der Waals surface area contributed by atoms with Crippen molar-refractivity contribution >= 4 is 0 Å². The van der Waals surface area contributed by atoms with E-state index in [9.17, 15) is 0 Å². The van der Waals surface area contributed by atoms with Crippen molar-refractivity contribution in [3.63, 3.8) is 0 Å². The van der Waals surface area contributed by atoms with E-state index < -0.39 is 0 Å². The first kappa shape index (κ1) is 6.41. The molecule has 2 atom stereocenters. The van der Waals surface area contributed by atoms with Crippen LogP contribution < -0.4 is 0 Å². The summed E-state index contributed by atoms with van der Waals surface area (Å²) < 4.78 is 0. The summed E-state index contributed by atoms with van der Waals surface area (Å²) in [6.07, 6.45) is 1.51. The molecular formula is C9H15N. The number of hydrogen-bond acceptors (Lipinski definition) is 1. The zero-order valence-electron chi connectivity index (χ0n) is 6.64. The van der Waals surface area contributed by atoms with Crippen molar-refractivity contribution < 1.29 is 0 Å². The average Bonchev–Trinajstić information content (AvgIpc) is 2.39. The van der Waals surface area contributed by atoms with Gasteiger partial charge in [0.15, 0.2) is 0 Å². The average molecular weight is 137 g/mol. The van der Waals surface area contributed by atoms with Gasteiger partial charge in [-0.2, -0.15) is 0 Å². The molecule has 1 heteroatoms. The molecule has 0 aromatic rings. The van der Waals surface area contributed by atoms with Gasteiger partial charge in [0.05, 0.1) is 0 Å². The SMILES string of the molecule is C=C(C)CN1CC2CC2C1. The minimum absolute atomic E-state index is 1.07. The van der Waals surface area contributed by atoms with Gasteiger partial charge in [0.1, 0.15) is 0 Å². The maximum Gasteiger partial charge on any atom is 0.0187 e. The smallest absolute Gasteiger partial charge is 0.0187 e. The molecule has 0 radical (unpaired) electrons. The fourth-order valence-corrected chi connectivity index (χ4v) is 2.01. The molecule has 1 aliphatic carbocycles. The largest absolute Gasteiger partial charge is 0.299 e. The molecule has 2 rings (SSSR count). The second-order valence-electron chi connectivity index (χ2n) is 3.91. The maximum absolute atomic E-state index is 3.92. The Morgan fingerprint density at radius 3 is 2.60 bits per heavy atom. The molecule has 0 N–H and O–H groups in total. The summed E-state index contributed by atoms with van der Waals surface area (Å²) in [4.78, 5) is 2.53. The zero-order chi connectivity index (χ0) is 7.14. The second kappa shape index (κ2) is 2.09. The quantitative estimate of drug-likeness (QED) is 0.521. The number of fused-ring (bicyclic) bond motifs is 1. The lowest BCUT2D eigenvalue weighted by Crippen LogP contribution is -2.24. The van der Waals surface area contributed by atoms with Gasteiger partial charge in [-0.25, -0.2) is 0 Å². The van der Waals surface area contributed by atoms with Gasteiger partial charge in [-0.05, 0) is 25.2 Å². The van der Waals surface area contributed by atoms with E-state index in [0.717, 1.165) is 18.4 Å². The highest BCUT2D eigenvalue weighted by atomic mass is 15.2. The lowest BCUT2D eigenvalue weighted by atomic mass is 10.3. The number of nitrogens with zero attached hydrogens (tertiary/aromatic N) is 1. The Labute approximate surface area is 62.7 Å². The molecule has 2 aliphatic rings. The normalized spacial score (nSPS) is 37.7. The van der Waals surface area contributed by atoms with Crippen LogP contribution >= 0.6 is 0 Å². The van der Waals surface area contributed by atoms with Crippen LogP contribution in [0.4, 0.5) is 0 Å². The molecule has 0 spiro atoms. The van der Waals surface area contributed by atoms with Crippen LogP contribution in [0.5, 0.6) is 0 Å². The Kier molecular flexibility index (Phi) is 1.34. The number of piperidine rings is 1. The summed E-state index contributed by atoms with van der Waals surface area (Å²) in [5.74, 6) is 2.14. The van der Waals surface area contributed by atoms with Crippen molar-refractivity contribution in [3.05, 3.63) is 12.2 Å². The predicted molar refractivity (Wildman–Crippen MR) is 42.9 cm³/mol. The molecular weight excluding hydrogens is 122 g/mol. The van der Waals surface area contributed by atoms with Crippen LogP contribution in [0.25, 0.3) is 0 Å². The Morgan fingerprint density at radius 1 is 1.50 bits per heavy atom. The standard InChI is InChI=1S/C9H15N/c1-7(2)4-10-5-8-3-9(8)6-10/h8-9H,1,3-6H2,2H3. The summed E-state index contributed by atoms with van der Waals surface area (Å²) >= 11 is 0. The van der Waals surface area contributed by atoms with Crippen LogP contribution in [0.2, 0.25) is 0 Å². The Bertz CT molecular complexity index is 152. The molecule has 1 saturated heterocycles. The van der Waals surface area contributed by atoms with Gasteiger partial charge in [-0.1, -0.05) is 12.2 Å². The summed E-state index contributed by atoms with van der Waals surface area (Å²) in [5.41, 5.74) is 1.31. The lowest BCUT2D eigenvalue weighted by molar-refractivity contribution is 0.331. The topological polar surface area (TPSA) is 3.24 Å². The Hall–Kier alpha value is -0.300. The van der Waals surface area contributed by atoms with E-state index in [0.29, 0.717) is 0 Å². The predicted octanol–water partition coefficient (Wildman–Crippen LogP) is 1.51. The third-order valence-corrected chi connectivity index (χ3v) is 2.55. The first-order valence-electron chi connectivity index (χ1n) is 4.12. The van der Waals surface area contributed by atoms with Gasteiger partial charge in [-0.15, -0.1) is 0 Å². The highest BCUT2D eigenvalue weighted by Gasteiger charge is 2.44.